The molecule has 0 radical (unpaired) electrons. The predicted molar refractivity (Wildman–Crippen MR) is 353 cm³/mol. The minimum Gasteiger partial charge on any atom is -0.394 e. The molecule has 0 rings (SSSR count). The quantitative estimate of drug-likeness (QED) is 0.0308. The van der Waals surface area contributed by atoms with Crippen LogP contribution in [0.4, 0.5) is 0 Å². The van der Waals surface area contributed by atoms with Gasteiger partial charge in [-0.25, -0.2) is 0 Å². The summed E-state index contributed by atoms with van der Waals surface area (Å²) in [5.74, 6) is -0.596. The number of hydrogen-bond acceptors (Lipinski definition) is 5. The summed E-state index contributed by atoms with van der Waals surface area (Å²) >= 11 is 0. The first-order valence-corrected chi connectivity index (χ1v) is 35.7. The lowest BCUT2D eigenvalue weighted by molar-refractivity contribution is -0.132. The Bertz CT molecular complexity index is 1360. The van der Waals surface area contributed by atoms with E-state index in [0.717, 1.165) is 57.8 Å². The van der Waals surface area contributed by atoms with E-state index in [1.165, 1.54) is 283 Å². The first kappa shape index (κ1) is 78.0. The second-order valence-corrected chi connectivity index (χ2v) is 24.6. The zero-order valence-electron chi connectivity index (χ0n) is 53.6. The van der Waals surface area contributed by atoms with Crippen LogP contribution in [0.3, 0.4) is 0 Å². The molecular formula is C74H139NO5. The first-order valence-electron chi connectivity index (χ1n) is 35.7. The topological polar surface area (TPSA) is 110 Å². The number of aliphatic hydroxyl groups excluding tert-OH is 4. The number of amides is 1. The fraction of sp³-hybridized carbons (Fsp3) is 0.851. The summed E-state index contributed by atoms with van der Waals surface area (Å²) < 4.78 is 0. The van der Waals surface area contributed by atoms with Crippen molar-refractivity contribution in [1.29, 1.82) is 0 Å². The standard InChI is InChI=1S/C74H139NO5/c1-3-5-7-9-11-13-15-17-19-21-23-25-27-29-31-33-34-35-36-37-38-39-40-42-44-46-48-50-52-54-56-58-60-62-64-66-68-72(78)74(80)75-70(69-76)73(79)71(77)67-65-63-61-59-57-55-53-51-49-47-45-43-41-32-30-28-26-24-22-20-18-16-14-12-10-8-6-4-2/h31,33,35-36,43,45,51,53,59,61,70-73,76-79H,3-30,32,34,37-42,44,46-50,52,54-58,60,62-69H2,1-2H3,(H,75,80)/b33-31-,36-35-,45-43+,53-51+,61-59+. The molecule has 0 bridgehead atoms. The Morgan fingerprint density at radius 1 is 0.312 bits per heavy atom. The maximum absolute atomic E-state index is 12.7. The van der Waals surface area contributed by atoms with E-state index in [1.807, 2.05) is 0 Å². The summed E-state index contributed by atoms with van der Waals surface area (Å²) in [6, 6.07) is -1.02. The predicted octanol–water partition coefficient (Wildman–Crippen LogP) is 22.2. The fourth-order valence-electron chi connectivity index (χ4n) is 11.1. The molecule has 0 aliphatic carbocycles. The van der Waals surface area contributed by atoms with Crippen LogP contribution >= 0.6 is 0 Å². The highest BCUT2D eigenvalue weighted by Crippen LogP contribution is 2.18. The van der Waals surface area contributed by atoms with Crippen molar-refractivity contribution in [3.05, 3.63) is 60.8 Å². The van der Waals surface area contributed by atoms with E-state index in [9.17, 15) is 25.2 Å². The Labute approximate surface area is 499 Å². The zero-order chi connectivity index (χ0) is 58.0. The Morgan fingerprint density at radius 2 is 0.562 bits per heavy atom. The SMILES string of the molecule is CCCCCCCCCCCCCCC/C=C\C/C=C\CCCCCCCCCCCCCCCCCCC(O)C(=O)NC(CO)C(O)C(O)CCC/C=C/CC/C=C/CC/C=C/CCCCCCCCCCCCCCCCC. The molecule has 4 unspecified atom stereocenters. The largest absolute Gasteiger partial charge is 0.394 e. The summed E-state index contributed by atoms with van der Waals surface area (Å²) in [4.78, 5) is 12.7. The molecule has 0 aromatic heterocycles. The van der Waals surface area contributed by atoms with Crippen LogP contribution in [0.15, 0.2) is 60.8 Å². The van der Waals surface area contributed by atoms with Crippen molar-refractivity contribution in [2.24, 2.45) is 0 Å². The smallest absolute Gasteiger partial charge is 0.249 e. The van der Waals surface area contributed by atoms with Gasteiger partial charge in [0, 0.05) is 0 Å². The van der Waals surface area contributed by atoms with E-state index in [0.29, 0.717) is 19.3 Å². The van der Waals surface area contributed by atoms with Crippen LogP contribution in [0.1, 0.15) is 373 Å². The highest BCUT2D eigenvalue weighted by atomic mass is 16.3. The van der Waals surface area contributed by atoms with Gasteiger partial charge in [-0.3, -0.25) is 4.79 Å². The molecule has 5 N–H and O–H groups in total. The number of carbonyl (C=O) groups is 1. The number of unbranched alkanes of at least 4 members (excludes halogenated alkanes) is 47. The molecule has 0 heterocycles. The fourth-order valence-corrected chi connectivity index (χ4v) is 11.1. The van der Waals surface area contributed by atoms with Gasteiger partial charge in [0.25, 0.3) is 0 Å². The molecule has 6 nitrogen and oxygen atoms in total. The minimum atomic E-state index is -1.30. The molecule has 0 aromatic rings. The summed E-state index contributed by atoms with van der Waals surface area (Å²) in [6.45, 7) is 4.08. The van der Waals surface area contributed by atoms with Crippen LogP contribution in [-0.4, -0.2) is 57.3 Å². The average molecular weight is 1120 g/mol. The van der Waals surface area contributed by atoms with Gasteiger partial charge in [0.15, 0.2) is 0 Å². The maximum Gasteiger partial charge on any atom is 0.249 e. The third-order valence-electron chi connectivity index (χ3n) is 16.7. The second kappa shape index (κ2) is 67.8. The number of hydrogen-bond donors (Lipinski definition) is 5. The molecule has 0 aliphatic heterocycles. The van der Waals surface area contributed by atoms with E-state index in [-0.39, 0.29) is 0 Å². The van der Waals surface area contributed by atoms with Gasteiger partial charge >= 0.3 is 0 Å². The average Bonchev–Trinajstić information content (AvgIpc) is 3.46. The molecule has 1 amide bonds. The van der Waals surface area contributed by atoms with Crippen LogP contribution in [0.2, 0.25) is 0 Å². The normalized spacial score (nSPS) is 13.8. The van der Waals surface area contributed by atoms with Crippen molar-refractivity contribution in [2.75, 3.05) is 6.61 Å². The second-order valence-electron chi connectivity index (χ2n) is 24.6. The van der Waals surface area contributed by atoms with Crippen LogP contribution in [-0.2, 0) is 4.79 Å². The molecular weight excluding hydrogens is 983 g/mol. The number of carbonyl (C=O) groups excluding carboxylic acids is 1. The van der Waals surface area contributed by atoms with Gasteiger partial charge in [0.2, 0.25) is 5.91 Å². The summed E-state index contributed by atoms with van der Waals surface area (Å²) in [5.41, 5.74) is 0. The van der Waals surface area contributed by atoms with E-state index >= 15 is 0 Å². The van der Waals surface area contributed by atoms with E-state index in [2.05, 4.69) is 79.9 Å². The van der Waals surface area contributed by atoms with Crippen molar-refractivity contribution in [2.45, 2.75) is 398 Å². The Kier molecular flexibility index (Phi) is 66.1. The third-order valence-corrected chi connectivity index (χ3v) is 16.7. The van der Waals surface area contributed by atoms with Gasteiger partial charge in [0.1, 0.15) is 12.2 Å². The first-order chi connectivity index (χ1) is 39.5. The van der Waals surface area contributed by atoms with Gasteiger partial charge in [-0.2, -0.15) is 0 Å². The van der Waals surface area contributed by atoms with Gasteiger partial charge in [0.05, 0.1) is 18.8 Å². The Hall–Kier alpha value is -1.99. The van der Waals surface area contributed by atoms with Crippen molar-refractivity contribution in [1.82, 2.24) is 5.32 Å². The van der Waals surface area contributed by atoms with Crippen molar-refractivity contribution < 1.29 is 25.2 Å². The Morgan fingerprint density at radius 3 is 0.863 bits per heavy atom. The van der Waals surface area contributed by atoms with Crippen LogP contribution < -0.4 is 5.32 Å². The lowest BCUT2D eigenvalue weighted by Crippen LogP contribution is -2.53. The highest BCUT2D eigenvalue weighted by Gasteiger charge is 2.28. The highest BCUT2D eigenvalue weighted by molar-refractivity contribution is 5.80. The molecule has 0 fully saturated rings. The molecule has 0 aromatic carbocycles. The van der Waals surface area contributed by atoms with Gasteiger partial charge < -0.3 is 25.7 Å². The van der Waals surface area contributed by atoms with Gasteiger partial charge in [-0.1, -0.05) is 338 Å². The molecule has 0 saturated carbocycles. The monoisotopic (exact) mass is 1120 g/mol. The minimum absolute atomic E-state index is 0.358. The van der Waals surface area contributed by atoms with Gasteiger partial charge in [-0.05, 0) is 96.3 Å². The third kappa shape index (κ3) is 60.6. The van der Waals surface area contributed by atoms with E-state index < -0.39 is 36.9 Å². The Balaban J connectivity index is 3.61. The van der Waals surface area contributed by atoms with E-state index in [1.54, 1.807) is 0 Å². The van der Waals surface area contributed by atoms with Crippen LogP contribution in [0.25, 0.3) is 0 Å². The van der Waals surface area contributed by atoms with Crippen molar-refractivity contribution >= 4 is 5.91 Å². The van der Waals surface area contributed by atoms with Crippen LogP contribution in [0, 0.1) is 0 Å². The molecule has 4 atom stereocenters. The summed E-state index contributed by atoms with van der Waals surface area (Å²) in [7, 11) is 0. The number of nitrogens with one attached hydrogen (secondary N) is 1. The maximum atomic E-state index is 12.7. The molecule has 80 heavy (non-hydrogen) atoms. The number of rotatable bonds is 66. The van der Waals surface area contributed by atoms with Crippen molar-refractivity contribution in [3.8, 4) is 0 Å². The lowest BCUT2D eigenvalue weighted by atomic mass is 10.00. The molecule has 0 spiro atoms. The molecule has 0 saturated heterocycles. The summed E-state index contributed by atoms with van der Waals surface area (Å²) in [6.07, 6.45) is 90.7. The molecule has 0 aliphatic rings. The number of allylic oxidation sites excluding steroid dienone is 10. The zero-order valence-corrected chi connectivity index (χ0v) is 53.6. The van der Waals surface area contributed by atoms with Gasteiger partial charge in [-0.15, -0.1) is 0 Å². The molecule has 6 heteroatoms. The van der Waals surface area contributed by atoms with Crippen LogP contribution in [0.5, 0.6) is 0 Å². The number of aliphatic hydroxyl groups is 4. The summed E-state index contributed by atoms with van der Waals surface area (Å²) in [5, 5.41) is 44.2. The molecule has 470 valence electrons. The van der Waals surface area contributed by atoms with Crippen molar-refractivity contribution in [3.63, 3.8) is 0 Å². The lowest BCUT2D eigenvalue weighted by Gasteiger charge is -2.27. The van der Waals surface area contributed by atoms with E-state index in [4.69, 9.17) is 0 Å².